The Balaban J connectivity index is 2.28. The van der Waals surface area contributed by atoms with Gasteiger partial charge in [-0.15, -0.1) is 0 Å². The molecule has 1 fully saturated rings. The summed E-state index contributed by atoms with van der Waals surface area (Å²) in [5, 5.41) is 40.2. The van der Waals surface area contributed by atoms with E-state index in [2.05, 4.69) is 38.2 Å². The van der Waals surface area contributed by atoms with Crippen LogP contribution in [0.15, 0.2) is 24.3 Å². The quantitative estimate of drug-likeness (QED) is 0.0265. The van der Waals surface area contributed by atoms with Gasteiger partial charge in [-0.3, -0.25) is 9.59 Å². The van der Waals surface area contributed by atoms with Gasteiger partial charge in [0.1, 0.15) is 31.0 Å². The maximum absolute atomic E-state index is 12.8. The average Bonchev–Trinajstić information content (AvgIpc) is 3.25. The standard InChI is InChI=1S/C50H92O10/c1-3-5-7-9-11-13-15-17-19-21-23-25-27-29-31-33-35-37-39-46(53)59-43(42-58-50-49(56)48(55)47(54)44(40-51)60-50)41-57-45(52)38-36-34-32-30-28-26-24-22-20-18-16-14-12-10-8-6-4-2/h18-21,43-44,47-51,54-56H,3-17,22-42H2,1-2H3/b20-18-,21-19-. The highest BCUT2D eigenvalue weighted by Crippen LogP contribution is 2.23. The van der Waals surface area contributed by atoms with E-state index in [9.17, 15) is 30.0 Å². The maximum atomic E-state index is 12.8. The molecule has 4 N–H and O–H groups in total. The molecule has 0 aromatic heterocycles. The molecule has 0 saturated carbocycles. The molecule has 10 nitrogen and oxygen atoms in total. The number of esters is 2. The molecule has 10 heteroatoms. The van der Waals surface area contributed by atoms with Crippen LogP contribution in [0.1, 0.15) is 226 Å². The molecular formula is C50H92O10. The number of allylic oxidation sites excluding steroid dienone is 4. The van der Waals surface area contributed by atoms with E-state index in [4.69, 9.17) is 18.9 Å². The van der Waals surface area contributed by atoms with Crippen LogP contribution in [0.4, 0.5) is 0 Å². The summed E-state index contributed by atoms with van der Waals surface area (Å²) in [7, 11) is 0. The molecule has 1 heterocycles. The Labute approximate surface area is 366 Å². The molecule has 0 amide bonds. The van der Waals surface area contributed by atoms with Crippen LogP contribution < -0.4 is 0 Å². The lowest BCUT2D eigenvalue weighted by Crippen LogP contribution is -2.59. The summed E-state index contributed by atoms with van der Waals surface area (Å²) < 4.78 is 22.2. The molecule has 6 unspecified atom stereocenters. The molecule has 1 rings (SSSR count). The molecular weight excluding hydrogens is 761 g/mol. The second-order valence-electron chi connectivity index (χ2n) is 17.3. The average molecular weight is 853 g/mol. The van der Waals surface area contributed by atoms with Gasteiger partial charge in [0, 0.05) is 12.8 Å². The SMILES string of the molecule is CCCCCCCC/C=C\CCCCCCCCCC(=O)OCC(COC1OC(CO)C(O)C(O)C1O)OC(=O)CCCCCCCCC/C=C\CCCCCCCCC. The molecule has 352 valence electrons. The lowest BCUT2D eigenvalue weighted by atomic mass is 9.99. The van der Waals surface area contributed by atoms with Crippen molar-refractivity contribution >= 4 is 11.9 Å². The first kappa shape index (κ1) is 56.2. The fraction of sp³-hybridized carbons (Fsp3) is 0.880. The van der Waals surface area contributed by atoms with Crippen LogP contribution in [0.3, 0.4) is 0 Å². The van der Waals surface area contributed by atoms with Gasteiger partial charge in [0.05, 0.1) is 13.2 Å². The third kappa shape index (κ3) is 31.9. The first-order valence-corrected chi connectivity index (χ1v) is 24.9. The molecule has 0 aliphatic carbocycles. The van der Waals surface area contributed by atoms with Gasteiger partial charge in [0.25, 0.3) is 0 Å². The summed E-state index contributed by atoms with van der Waals surface area (Å²) in [5.74, 6) is -0.808. The third-order valence-electron chi connectivity index (χ3n) is 11.6. The van der Waals surface area contributed by atoms with Crippen LogP contribution in [-0.4, -0.2) is 89.0 Å². The van der Waals surface area contributed by atoms with E-state index < -0.39 is 49.4 Å². The Kier molecular flexibility index (Phi) is 38.6. The predicted octanol–water partition coefficient (Wildman–Crippen LogP) is 11.3. The fourth-order valence-electron chi connectivity index (χ4n) is 7.59. The van der Waals surface area contributed by atoms with Crippen molar-refractivity contribution in [2.75, 3.05) is 19.8 Å². The zero-order chi connectivity index (χ0) is 43.7. The van der Waals surface area contributed by atoms with Crippen molar-refractivity contribution in [3.05, 3.63) is 24.3 Å². The smallest absolute Gasteiger partial charge is 0.306 e. The van der Waals surface area contributed by atoms with Crippen LogP contribution in [0.5, 0.6) is 0 Å². The molecule has 0 aromatic carbocycles. The van der Waals surface area contributed by atoms with Crippen molar-refractivity contribution < 1.29 is 49.0 Å². The second kappa shape index (κ2) is 41.2. The number of rotatable bonds is 42. The number of aliphatic hydroxyl groups excluding tert-OH is 4. The molecule has 0 spiro atoms. The highest BCUT2D eigenvalue weighted by atomic mass is 16.7. The summed E-state index contributed by atoms with van der Waals surface area (Å²) in [5.41, 5.74) is 0. The molecule has 0 radical (unpaired) electrons. The largest absolute Gasteiger partial charge is 0.462 e. The van der Waals surface area contributed by atoms with Gasteiger partial charge in [-0.05, 0) is 64.2 Å². The number of aliphatic hydroxyl groups is 4. The predicted molar refractivity (Wildman–Crippen MR) is 243 cm³/mol. The summed E-state index contributed by atoms with van der Waals surface area (Å²) in [6.07, 6.45) is 38.9. The zero-order valence-electron chi connectivity index (χ0n) is 38.5. The minimum absolute atomic E-state index is 0.219. The Morgan fingerprint density at radius 2 is 0.883 bits per heavy atom. The summed E-state index contributed by atoms with van der Waals surface area (Å²) in [6.45, 7) is 3.43. The Morgan fingerprint density at radius 3 is 1.30 bits per heavy atom. The van der Waals surface area contributed by atoms with E-state index in [1.54, 1.807) is 0 Å². The van der Waals surface area contributed by atoms with Gasteiger partial charge in [-0.2, -0.15) is 0 Å². The number of hydrogen-bond donors (Lipinski definition) is 4. The molecule has 0 aromatic rings. The van der Waals surface area contributed by atoms with E-state index in [0.717, 1.165) is 57.8 Å². The highest BCUT2D eigenvalue weighted by Gasteiger charge is 2.44. The third-order valence-corrected chi connectivity index (χ3v) is 11.6. The van der Waals surface area contributed by atoms with E-state index in [0.29, 0.717) is 6.42 Å². The van der Waals surface area contributed by atoms with Crippen molar-refractivity contribution in [3.8, 4) is 0 Å². The second-order valence-corrected chi connectivity index (χ2v) is 17.3. The lowest BCUT2D eigenvalue weighted by molar-refractivity contribution is -0.305. The van der Waals surface area contributed by atoms with E-state index in [-0.39, 0.29) is 32.0 Å². The number of carbonyl (C=O) groups is 2. The van der Waals surface area contributed by atoms with Gasteiger partial charge in [-0.1, -0.05) is 173 Å². The van der Waals surface area contributed by atoms with Crippen molar-refractivity contribution in [2.24, 2.45) is 0 Å². The van der Waals surface area contributed by atoms with Crippen molar-refractivity contribution in [1.29, 1.82) is 0 Å². The topological polar surface area (TPSA) is 152 Å². The van der Waals surface area contributed by atoms with Gasteiger partial charge < -0.3 is 39.4 Å². The summed E-state index contributed by atoms with van der Waals surface area (Å²) in [6, 6.07) is 0. The number of carbonyl (C=O) groups excluding carboxylic acids is 2. The van der Waals surface area contributed by atoms with Gasteiger partial charge in [0.2, 0.25) is 0 Å². The molecule has 1 aliphatic heterocycles. The van der Waals surface area contributed by atoms with E-state index in [1.165, 1.54) is 135 Å². The van der Waals surface area contributed by atoms with Crippen LogP contribution in [0.2, 0.25) is 0 Å². The van der Waals surface area contributed by atoms with Crippen molar-refractivity contribution in [3.63, 3.8) is 0 Å². The number of unbranched alkanes of at least 4 members (excludes halogenated alkanes) is 27. The van der Waals surface area contributed by atoms with E-state index in [1.807, 2.05) is 0 Å². The first-order chi connectivity index (χ1) is 29.3. The van der Waals surface area contributed by atoms with Crippen molar-refractivity contribution in [1.82, 2.24) is 0 Å². The van der Waals surface area contributed by atoms with Crippen LogP contribution in [0, 0.1) is 0 Å². The van der Waals surface area contributed by atoms with E-state index >= 15 is 0 Å². The molecule has 0 bridgehead atoms. The number of ether oxygens (including phenoxy) is 4. The number of hydrogen-bond acceptors (Lipinski definition) is 10. The van der Waals surface area contributed by atoms with Crippen LogP contribution in [-0.2, 0) is 28.5 Å². The Bertz CT molecular complexity index is 1030. The van der Waals surface area contributed by atoms with Gasteiger partial charge in [0.15, 0.2) is 12.4 Å². The van der Waals surface area contributed by atoms with Crippen LogP contribution in [0.25, 0.3) is 0 Å². The van der Waals surface area contributed by atoms with Crippen molar-refractivity contribution in [2.45, 2.75) is 263 Å². The molecule has 1 aliphatic rings. The van der Waals surface area contributed by atoms with Gasteiger partial charge in [-0.25, -0.2) is 0 Å². The summed E-state index contributed by atoms with van der Waals surface area (Å²) in [4.78, 5) is 25.4. The molecule has 1 saturated heterocycles. The van der Waals surface area contributed by atoms with Crippen LogP contribution >= 0.6 is 0 Å². The maximum Gasteiger partial charge on any atom is 0.306 e. The molecule has 6 atom stereocenters. The first-order valence-electron chi connectivity index (χ1n) is 24.9. The summed E-state index contributed by atoms with van der Waals surface area (Å²) >= 11 is 0. The molecule has 60 heavy (non-hydrogen) atoms. The Morgan fingerprint density at radius 1 is 0.500 bits per heavy atom. The minimum Gasteiger partial charge on any atom is -0.462 e. The lowest BCUT2D eigenvalue weighted by Gasteiger charge is -2.39. The fourth-order valence-corrected chi connectivity index (χ4v) is 7.59. The Hall–Kier alpha value is -1.82. The normalized spacial score (nSPS) is 20.0. The zero-order valence-corrected chi connectivity index (χ0v) is 38.5. The van der Waals surface area contributed by atoms with Gasteiger partial charge >= 0.3 is 11.9 Å². The minimum atomic E-state index is -1.59. The highest BCUT2D eigenvalue weighted by molar-refractivity contribution is 5.70. The monoisotopic (exact) mass is 853 g/mol.